The molecule has 0 unspecified atom stereocenters. The van der Waals surface area contributed by atoms with Crippen LogP contribution in [0, 0.1) is 0 Å². The number of nitrogens with two attached hydrogens (primary N) is 1. The lowest BCUT2D eigenvalue weighted by Gasteiger charge is -2.32. The number of ether oxygens (including phenoxy) is 1. The minimum absolute atomic E-state index is 0.335. The fraction of sp³-hybridized carbons (Fsp3) is 0.611. The monoisotopic (exact) mass is 348 g/mol. The Morgan fingerprint density at radius 2 is 1.76 bits per heavy atom. The van der Waals surface area contributed by atoms with Gasteiger partial charge in [0.1, 0.15) is 5.60 Å². The molecule has 2 rings (SSSR count). The van der Waals surface area contributed by atoms with Crippen molar-refractivity contribution in [2.45, 2.75) is 71.8 Å². The summed E-state index contributed by atoms with van der Waals surface area (Å²) < 4.78 is 17.4. The fourth-order valence-electron chi connectivity index (χ4n) is 2.40. The first kappa shape index (κ1) is 19.6. The van der Waals surface area contributed by atoms with Crippen LogP contribution in [0.3, 0.4) is 0 Å². The summed E-state index contributed by atoms with van der Waals surface area (Å²) in [6.07, 6.45) is -0.457. The number of carbonyl (C=O) groups is 1. The summed E-state index contributed by atoms with van der Waals surface area (Å²) in [7, 11) is -0.536. The number of hydrogen-bond donors (Lipinski definition) is 2. The van der Waals surface area contributed by atoms with E-state index in [0.717, 1.165) is 11.0 Å². The van der Waals surface area contributed by atoms with E-state index in [1.54, 1.807) is 6.07 Å². The van der Waals surface area contributed by atoms with Crippen molar-refractivity contribution >= 4 is 24.4 Å². The lowest BCUT2D eigenvalue weighted by atomic mass is 9.77. The van der Waals surface area contributed by atoms with Crippen molar-refractivity contribution in [2.75, 3.05) is 5.73 Å². The highest BCUT2D eigenvalue weighted by molar-refractivity contribution is 6.63. The molecule has 25 heavy (non-hydrogen) atoms. The Balaban J connectivity index is 2.10. The first-order valence-corrected chi connectivity index (χ1v) is 8.51. The predicted molar refractivity (Wildman–Crippen MR) is 99.6 cm³/mol. The second kappa shape index (κ2) is 6.54. The molecule has 1 saturated heterocycles. The maximum atomic E-state index is 11.8. The molecule has 0 saturated carbocycles. The molecule has 1 aromatic carbocycles. The Morgan fingerprint density at radius 3 is 2.28 bits per heavy atom. The van der Waals surface area contributed by atoms with Gasteiger partial charge in [-0.05, 0) is 60.1 Å². The Morgan fingerprint density at radius 1 is 1.20 bits per heavy atom. The zero-order chi connectivity index (χ0) is 19.0. The van der Waals surface area contributed by atoms with Crippen molar-refractivity contribution in [3.63, 3.8) is 0 Å². The number of anilines is 1. The molecule has 1 aliphatic rings. The molecule has 1 aromatic rings. The van der Waals surface area contributed by atoms with Gasteiger partial charge in [0.05, 0.1) is 11.2 Å². The Hall–Kier alpha value is -1.73. The van der Waals surface area contributed by atoms with Crippen LogP contribution >= 0.6 is 0 Å². The van der Waals surface area contributed by atoms with Crippen LogP contribution in [0.15, 0.2) is 18.2 Å². The average molecular weight is 348 g/mol. The number of nitrogen functional groups attached to an aromatic ring is 1. The molecule has 3 N–H and O–H groups in total. The number of benzene rings is 1. The minimum atomic E-state index is -0.536. The Kier molecular flexibility index (Phi) is 5.12. The molecule has 0 radical (unpaired) electrons. The standard InChI is InChI=1S/C18H29BN2O4/c1-16(2,3)23-15(22)21-11-12-8-9-14(20)13(10-12)19-24-17(4,5)18(6,7)25-19/h8-10H,11,20H2,1-7H3,(H,21,22). The van der Waals surface area contributed by atoms with Crippen LogP contribution in [-0.4, -0.2) is 30.0 Å². The average Bonchev–Trinajstić information content (AvgIpc) is 2.64. The third-order valence-corrected chi connectivity index (χ3v) is 4.49. The molecule has 7 heteroatoms. The van der Waals surface area contributed by atoms with Crippen molar-refractivity contribution in [3.05, 3.63) is 23.8 Å². The number of alkyl carbamates (subject to hydrolysis) is 1. The molecule has 0 bridgehead atoms. The molecule has 0 atom stereocenters. The molecule has 0 aliphatic carbocycles. The summed E-state index contributed by atoms with van der Waals surface area (Å²) in [4.78, 5) is 11.8. The second-order valence-electron chi connectivity index (χ2n) is 8.41. The lowest BCUT2D eigenvalue weighted by Crippen LogP contribution is -2.41. The SMILES string of the molecule is CC(C)(C)OC(=O)NCc1ccc(N)c(B2OC(C)(C)C(C)(C)O2)c1. The summed E-state index contributed by atoms with van der Waals surface area (Å²) in [6, 6.07) is 5.56. The first-order valence-electron chi connectivity index (χ1n) is 8.51. The number of hydrogen-bond acceptors (Lipinski definition) is 5. The highest BCUT2D eigenvalue weighted by Crippen LogP contribution is 2.36. The number of amides is 1. The van der Waals surface area contributed by atoms with Gasteiger partial charge in [-0.2, -0.15) is 0 Å². The van der Waals surface area contributed by atoms with E-state index >= 15 is 0 Å². The summed E-state index contributed by atoms with van der Waals surface area (Å²) in [5.74, 6) is 0. The fourth-order valence-corrected chi connectivity index (χ4v) is 2.40. The molecule has 6 nitrogen and oxygen atoms in total. The normalized spacial score (nSPS) is 18.9. The quantitative estimate of drug-likeness (QED) is 0.648. The highest BCUT2D eigenvalue weighted by atomic mass is 16.7. The van der Waals surface area contributed by atoms with Crippen molar-refractivity contribution < 1.29 is 18.8 Å². The largest absolute Gasteiger partial charge is 0.496 e. The van der Waals surface area contributed by atoms with E-state index in [2.05, 4.69) is 5.32 Å². The van der Waals surface area contributed by atoms with Gasteiger partial charge in [-0.3, -0.25) is 0 Å². The van der Waals surface area contributed by atoms with Gasteiger partial charge in [0.25, 0.3) is 0 Å². The van der Waals surface area contributed by atoms with Crippen LogP contribution in [0.25, 0.3) is 0 Å². The third-order valence-electron chi connectivity index (χ3n) is 4.49. The van der Waals surface area contributed by atoms with Crippen LogP contribution < -0.4 is 16.5 Å². The molecule has 1 fully saturated rings. The van der Waals surface area contributed by atoms with Crippen LogP contribution in [-0.2, 0) is 20.6 Å². The van der Waals surface area contributed by atoms with Crippen LogP contribution in [0.1, 0.15) is 54.0 Å². The van der Waals surface area contributed by atoms with E-state index < -0.39 is 30.0 Å². The number of carbonyl (C=O) groups excluding carboxylic acids is 1. The van der Waals surface area contributed by atoms with Gasteiger partial charge in [0.2, 0.25) is 0 Å². The van der Waals surface area contributed by atoms with Crippen LogP contribution in [0.5, 0.6) is 0 Å². The van der Waals surface area contributed by atoms with Gasteiger partial charge in [0, 0.05) is 17.7 Å². The van der Waals surface area contributed by atoms with E-state index in [-0.39, 0.29) is 0 Å². The molecule has 0 aromatic heterocycles. The zero-order valence-electron chi connectivity index (χ0n) is 16.2. The Labute approximate surface area is 150 Å². The maximum absolute atomic E-state index is 11.8. The molecular weight excluding hydrogens is 319 g/mol. The summed E-state index contributed by atoms with van der Waals surface area (Å²) in [5, 5.41) is 2.74. The van der Waals surface area contributed by atoms with Gasteiger partial charge in [-0.15, -0.1) is 0 Å². The third kappa shape index (κ3) is 4.67. The van der Waals surface area contributed by atoms with Crippen LogP contribution in [0.4, 0.5) is 10.5 Å². The van der Waals surface area contributed by atoms with Crippen molar-refractivity contribution in [1.29, 1.82) is 0 Å². The van der Waals surface area contributed by atoms with E-state index in [0.29, 0.717) is 12.2 Å². The van der Waals surface area contributed by atoms with Crippen LogP contribution in [0.2, 0.25) is 0 Å². The van der Waals surface area contributed by atoms with E-state index in [1.807, 2.05) is 60.6 Å². The van der Waals surface area contributed by atoms with E-state index in [9.17, 15) is 4.79 Å². The maximum Gasteiger partial charge on any atom is 0.496 e. The zero-order valence-corrected chi connectivity index (χ0v) is 16.2. The van der Waals surface area contributed by atoms with Gasteiger partial charge in [-0.1, -0.05) is 12.1 Å². The van der Waals surface area contributed by atoms with Crippen molar-refractivity contribution in [2.24, 2.45) is 0 Å². The summed E-state index contributed by atoms with van der Waals surface area (Å²) in [5.41, 5.74) is 6.97. The molecule has 1 amide bonds. The predicted octanol–water partition coefficient (Wildman–Crippen LogP) is 2.59. The number of rotatable bonds is 3. The van der Waals surface area contributed by atoms with E-state index in [4.69, 9.17) is 19.8 Å². The molecule has 1 heterocycles. The molecule has 0 spiro atoms. The van der Waals surface area contributed by atoms with E-state index in [1.165, 1.54) is 0 Å². The van der Waals surface area contributed by atoms with Gasteiger partial charge in [0.15, 0.2) is 0 Å². The van der Waals surface area contributed by atoms with Crippen molar-refractivity contribution in [3.8, 4) is 0 Å². The molecule has 1 aliphatic heterocycles. The van der Waals surface area contributed by atoms with Gasteiger partial charge >= 0.3 is 13.2 Å². The topological polar surface area (TPSA) is 82.8 Å². The molecular formula is C18H29BN2O4. The smallest absolute Gasteiger partial charge is 0.444 e. The number of nitrogens with one attached hydrogen (secondary N) is 1. The second-order valence-corrected chi connectivity index (χ2v) is 8.41. The molecule has 138 valence electrons. The van der Waals surface area contributed by atoms with Gasteiger partial charge < -0.3 is 25.1 Å². The highest BCUT2D eigenvalue weighted by Gasteiger charge is 2.52. The first-order chi connectivity index (χ1) is 11.3. The lowest BCUT2D eigenvalue weighted by molar-refractivity contribution is 0.00578. The summed E-state index contributed by atoms with van der Waals surface area (Å²) in [6.45, 7) is 13.8. The minimum Gasteiger partial charge on any atom is -0.444 e. The Bertz CT molecular complexity index is 637. The summed E-state index contributed by atoms with van der Waals surface area (Å²) >= 11 is 0. The van der Waals surface area contributed by atoms with Gasteiger partial charge in [-0.25, -0.2) is 4.79 Å². The van der Waals surface area contributed by atoms with Crippen molar-refractivity contribution in [1.82, 2.24) is 5.32 Å².